The smallest absolute Gasteiger partial charge is 0.243 e. The molecule has 0 N–H and O–H groups in total. The predicted molar refractivity (Wildman–Crippen MR) is 119 cm³/mol. The lowest BCUT2D eigenvalue weighted by Gasteiger charge is -2.37. The number of hydrogen-bond donors (Lipinski definition) is 0. The Morgan fingerprint density at radius 1 is 0.938 bits per heavy atom. The molecule has 1 aliphatic heterocycles. The highest BCUT2D eigenvalue weighted by atomic mass is 35.5. The summed E-state index contributed by atoms with van der Waals surface area (Å²) in [6.07, 6.45) is 4.98. The van der Waals surface area contributed by atoms with E-state index in [0.717, 1.165) is 11.1 Å². The summed E-state index contributed by atoms with van der Waals surface area (Å²) in [5, 5.41) is 17.2. The molecule has 9 nitrogen and oxygen atoms in total. The molecule has 0 radical (unpaired) electrons. The van der Waals surface area contributed by atoms with Gasteiger partial charge in [0.25, 0.3) is 0 Å². The Morgan fingerprint density at radius 2 is 1.62 bits per heavy atom. The van der Waals surface area contributed by atoms with Crippen LogP contribution in [-0.4, -0.2) is 55.8 Å². The molecule has 0 amide bonds. The van der Waals surface area contributed by atoms with Gasteiger partial charge in [0.1, 0.15) is 12.2 Å². The fourth-order valence-corrected chi connectivity index (χ4v) is 5.27. The second kappa shape index (κ2) is 8.28. The molecule has 0 bridgehead atoms. The van der Waals surface area contributed by atoms with Crippen molar-refractivity contribution in [2.24, 2.45) is 0 Å². The third-order valence-electron chi connectivity index (χ3n) is 5.28. The van der Waals surface area contributed by atoms with E-state index in [9.17, 15) is 8.42 Å². The molecule has 32 heavy (non-hydrogen) atoms. The van der Waals surface area contributed by atoms with Gasteiger partial charge >= 0.3 is 0 Å². The van der Waals surface area contributed by atoms with Gasteiger partial charge in [-0.2, -0.15) is 19.3 Å². The molecule has 0 unspecified atom stereocenters. The molecule has 0 aliphatic carbocycles. The van der Waals surface area contributed by atoms with Crippen molar-refractivity contribution in [2.75, 3.05) is 13.1 Å². The van der Waals surface area contributed by atoms with Crippen molar-refractivity contribution in [3.8, 4) is 11.1 Å². The zero-order valence-electron chi connectivity index (χ0n) is 16.6. The van der Waals surface area contributed by atoms with Gasteiger partial charge in [0, 0.05) is 13.1 Å². The van der Waals surface area contributed by atoms with Crippen molar-refractivity contribution in [3.05, 3.63) is 76.8 Å². The fraction of sp³-hybridized carbons (Fsp3) is 0.200. The van der Waals surface area contributed by atoms with E-state index in [1.807, 2.05) is 6.07 Å². The van der Waals surface area contributed by atoms with Crippen LogP contribution in [0.2, 0.25) is 10.0 Å². The van der Waals surface area contributed by atoms with Crippen LogP contribution in [0, 0.1) is 0 Å². The van der Waals surface area contributed by atoms with E-state index in [2.05, 4.69) is 20.5 Å². The van der Waals surface area contributed by atoms with Crippen LogP contribution in [0.15, 0.2) is 66.0 Å². The van der Waals surface area contributed by atoms with E-state index in [-0.39, 0.29) is 10.9 Å². The summed E-state index contributed by atoms with van der Waals surface area (Å²) in [5.74, 6) is 0. The molecule has 0 saturated carbocycles. The van der Waals surface area contributed by atoms with Crippen LogP contribution in [0.4, 0.5) is 0 Å². The number of halogens is 2. The monoisotopic (exact) mass is 489 g/mol. The van der Waals surface area contributed by atoms with Crippen LogP contribution in [0.3, 0.4) is 0 Å². The molecule has 1 fully saturated rings. The molecule has 1 aliphatic rings. The molecular formula is C20H17Cl2N7O2S. The van der Waals surface area contributed by atoms with Crippen molar-refractivity contribution in [3.63, 3.8) is 0 Å². The van der Waals surface area contributed by atoms with Gasteiger partial charge in [0.05, 0.1) is 39.6 Å². The van der Waals surface area contributed by atoms with E-state index in [0.29, 0.717) is 35.4 Å². The molecular weight excluding hydrogens is 473 g/mol. The lowest BCUT2D eigenvalue weighted by Crippen LogP contribution is -2.50. The third-order valence-corrected chi connectivity index (χ3v) is 7.86. The quantitative estimate of drug-likeness (QED) is 0.412. The van der Waals surface area contributed by atoms with Gasteiger partial charge in [0.2, 0.25) is 10.0 Å². The third kappa shape index (κ3) is 4.02. The Hall–Kier alpha value is -2.79. The molecule has 1 saturated heterocycles. The average Bonchev–Trinajstić information content (AvgIpc) is 3.42. The molecule has 0 atom stereocenters. The van der Waals surface area contributed by atoms with Crippen molar-refractivity contribution >= 4 is 33.2 Å². The molecule has 2 aromatic carbocycles. The highest BCUT2D eigenvalue weighted by molar-refractivity contribution is 7.89. The average molecular weight is 490 g/mol. The van der Waals surface area contributed by atoms with E-state index in [4.69, 9.17) is 23.2 Å². The molecule has 5 rings (SSSR count). The van der Waals surface area contributed by atoms with Crippen molar-refractivity contribution in [1.82, 2.24) is 34.3 Å². The van der Waals surface area contributed by atoms with E-state index < -0.39 is 10.0 Å². The van der Waals surface area contributed by atoms with Gasteiger partial charge in [-0.25, -0.2) is 13.1 Å². The van der Waals surface area contributed by atoms with Crippen LogP contribution >= 0.6 is 23.2 Å². The Bertz CT molecular complexity index is 1350. The van der Waals surface area contributed by atoms with E-state index >= 15 is 0 Å². The van der Waals surface area contributed by atoms with Gasteiger partial charge in [-0.15, -0.1) is 5.10 Å². The maximum absolute atomic E-state index is 13.0. The minimum absolute atomic E-state index is 0.0629. The molecule has 2 aromatic heterocycles. The number of hydrogen-bond acceptors (Lipinski definition) is 6. The Balaban J connectivity index is 1.25. The summed E-state index contributed by atoms with van der Waals surface area (Å²) < 4.78 is 29.1. The largest absolute Gasteiger partial charge is 0.246 e. The Morgan fingerprint density at radius 3 is 2.31 bits per heavy atom. The minimum atomic E-state index is -3.59. The fourth-order valence-electron chi connectivity index (χ4n) is 3.46. The maximum Gasteiger partial charge on any atom is 0.243 e. The van der Waals surface area contributed by atoms with Gasteiger partial charge in [-0.05, 0) is 35.4 Å². The van der Waals surface area contributed by atoms with Gasteiger partial charge in [-0.3, -0.25) is 0 Å². The van der Waals surface area contributed by atoms with E-state index in [1.165, 1.54) is 9.10 Å². The second-order valence-electron chi connectivity index (χ2n) is 7.38. The number of sulfonamides is 1. The number of benzene rings is 2. The molecule has 3 heterocycles. The number of nitrogens with zero attached hydrogens (tertiary/aromatic N) is 7. The summed E-state index contributed by atoms with van der Waals surface area (Å²) in [4.78, 5) is 1.75. The van der Waals surface area contributed by atoms with Gasteiger partial charge < -0.3 is 0 Å². The number of rotatable bonds is 6. The maximum atomic E-state index is 13.0. The van der Waals surface area contributed by atoms with Crippen molar-refractivity contribution in [2.45, 2.75) is 17.5 Å². The van der Waals surface area contributed by atoms with Crippen LogP contribution in [0.25, 0.3) is 11.1 Å². The van der Waals surface area contributed by atoms with Crippen molar-refractivity contribution in [1.29, 1.82) is 0 Å². The highest BCUT2D eigenvalue weighted by Crippen LogP contribution is 2.31. The van der Waals surface area contributed by atoms with Gasteiger partial charge in [0.15, 0.2) is 0 Å². The first-order valence-electron chi connectivity index (χ1n) is 9.70. The van der Waals surface area contributed by atoms with Crippen LogP contribution < -0.4 is 0 Å². The lowest BCUT2D eigenvalue weighted by atomic mass is 10.1. The predicted octanol–water partition coefficient (Wildman–Crippen LogP) is 3.14. The normalized spacial score (nSPS) is 15.1. The summed E-state index contributed by atoms with van der Waals surface area (Å²) in [7, 11) is -3.59. The molecule has 164 valence electrons. The van der Waals surface area contributed by atoms with Gasteiger partial charge in [-0.1, -0.05) is 46.6 Å². The zero-order chi connectivity index (χ0) is 22.3. The molecule has 12 heteroatoms. The highest BCUT2D eigenvalue weighted by Gasteiger charge is 2.38. The lowest BCUT2D eigenvalue weighted by molar-refractivity contribution is 0.189. The SMILES string of the molecule is O=S(=O)(c1ccc(-c2ccc(Cl)c(Cl)c2)cc1)N1CC(n2cc(Cn3nccn3)nn2)C1. The topological polar surface area (TPSA) is 98.8 Å². The van der Waals surface area contributed by atoms with Crippen LogP contribution in [0.5, 0.6) is 0 Å². The summed E-state index contributed by atoms with van der Waals surface area (Å²) in [6, 6.07) is 12.0. The molecule has 4 aromatic rings. The van der Waals surface area contributed by atoms with Crippen LogP contribution in [0.1, 0.15) is 11.7 Å². The first-order chi connectivity index (χ1) is 15.4. The standard InChI is InChI=1S/C20H17Cl2N7O2S/c21-19-6-3-15(9-20(19)22)14-1-4-18(5-2-14)32(30,31)27-12-17(13-27)28-10-16(25-26-28)11-29-23-7-8-24-29/h1-10,17H,11-13H2. The summed E-state index contributed by atoms with van der Waals surface area (Å²) in [6.45, 7) is 1.08. The first-order valence-corrected chi connectivity index (χ1v) is 11.9. The summed E-state index contributed by atoms with van der Waals surface area (Å²) in [5.41, 5.74) is 2.42. The summed E-state index contributed by atoms with van der Waals surface area (Å²) >= 11 is 12.0. The Labute approximate surface area is 194 Å². The Kier molecular flexibility index (Phi) is 5.46. The minimum Gasteiger partial charge on any atom is -0.246 e. The second-order valence-corrected chi connectivity index (χ2v) is 10.1. The van der Waals surface area contributed by atoms with Crippen molar-refractivity contribution < 1.29 is 8.42 Å². The molecule has 0 spiro atoms. The zero-order valence-corrected chi connectivity index (χ0v) is 18.9. The van der Waals surface area contributed by atoms with E-state index in [1.54, 1.807) is 59.7 Å². The number of aromatic nitrogens is 6. The first kappa shape index (κ1) is 21.1. The van der Waals surface area contributed by atoms with Crippen LogP contribution in [-0.2, 0) is 16.6 Å².